The number of rotatable bonds is 2. The average molecular weight is 414 g/mol. The molecule has 0 saturated carbocycles. The summed E-state index contributed by atoms with van der Waals surface area (Å²) >= 11 is 1.76. The van der Waals surface area contributed by atoms with Crippen molar-refractivity contribution in [3.63, 3.8) is 0 Å². The van der Waals surface area contributed by atoms with E-state index in [0.717, 1.165) is 18.2 Å². The Labute approximate surface area is 130 Å². The quantitative estimate of drug-likeness (QED) is 0.560. The van der Waals surface area contributed by atoms with Gasteiger partial charge in [0.1, 0.15) is 17.7 Å². The van der Waals surface area contributed by atoms with Gasteiger partial charge in [-0.05, 0) is 58.0 Å². The van der Waals surface area contributed by atoms with Crippen molar-refractivity contribution in [3.05, 3.63) is 68.3 Å². The monoisotopic (exact) mass is 414 g/mol. The maximum atomic E-state index is 13.2. The number of alkyl halides is 3. The summed E-state index contributed by atoms with van der Waals surface area (Å²) in [5, 5.41) is 10.1. The van der Waals surface area contributed by atoms with E-state index in [1.54, 1.807) is 22.6 Å². The Hall–Kier alpha value is -1.22. The second-order valence-corrected chi connectivity index (χ2v) is 5.47. The van der Waals surface area contributed by atoms with Gasteiger partial charge >= 0.3 is 6.18 Å². The Kier molecular flexibility index (Phi) is 4.52. The van der Waals surface area contributed by atoms with E-state index in [9.17, 15) is 27.1 Å². The first-order valence-corrected chi connectivity index (χ1v) is 6.77. The van der Waals surface area contributed by atoms with Gasteiger partial charge in [-0.25, -0.2) is 8.78 Å². The van der Waals surface area contributed by atoms with Gasteiger partial charge in [-0.3, -0.25) is 0 Å². The third kappa shape index (κ3) is 3.52. The van der Waals surface area contributed by atoms with Crippen LogP contribution >= 0.6 is 22.6 Å². The van der Waals surface area contributed by atoms with Crippen molar-refractivity contribution in [2.24, 2.45) is 0 Å². The van der Waals surface area contributed by atoms with E-state index in [4.69, 9.17) is 0 Å². The Morgan fingerprint density at radius 1 is 1.00 bits per heavy atom. The first kappa shape index (κ1) is 16.2. The van der Waals surface area contributed by atoms with Crippen LogP contribution in [0.3, 0.4) is 0 Å². The van der Waals surface area contributed by atoms with Gasteiger partial charge in [0.15, 0.2) is 0 Å². The molecule has 0 heterocycles. The summed E-state index contributed by atoms with van der Waals surface area (Å²) in [6.45, 7) is 0. The van der Waals surface area contributed by atoms with E-state index in [1.807, 2.05) is 0 Å². The van der Waals surface area contributed by atoms with Gasteiger partial charge in [-0.2, -0.15) is 13.2 Å². The van der Waals surface area contributed by atoms with Crippen molar-refractivity contribution in [1.29, 1.82) is 0 Å². The van der Waals surface area contributed by atoms with Gasteiger partial charge in [0.25, 0.3) is 0 Å². The van der Waals surface area contributed by atoms with Gasteiger partial charge in [-0.1, -0.05) is 12.1 Å². The fourth-order valence-corrected chi connectivity index (χ4v) is 2.61. The molecule has 0 spiro atoms. The molecule has 2 rings (SSSR count). The molecule has 1 N–H and O–H groups in total. The fourth-order valence-electron chi connectivity index (χ4n) is 1.83. The lowest BCUT2D eigenvalue weighted by molar-refractivity contribution is -0.140. The number of benzene rings is 2. The second-order valence-electron chi connectivity index (χ2n) is 4.31. The van der Waals surface area contributed by atoms with Crippen molar-refractivity contribution in [2.75, 3.05) is 0 Å². The molecule has 0 aromatic heterocycles. The zero-order valence-electron chi connectivity index (χ0n) is 10.3. The summed E-state index contributed by atoms with van der Waals surface area (Å²) in [4.78, 5) is 0. The van der Waals surface area contributed by atoms with E-state index < -0.39 is 29.5 Å². The number of hydrogen-bond acceptors (Lipinski definition) is 1. The predicted octanol–water partition coefficient (Wildman–Crippen LogP) is 4.67. The molecule has 0 aliphatic rings. The average Bonchev–Trinajstić information content (AvgIpc) is 2.37. The van der Waals surface area contributed by atoms with Crippen LogP contribution in [0.4, 0.5) is 22.0 Å². The van der Waals surface area contributed by atoms with Crippen LogP contribution in [-0.2, 0) is 6.18 Å². The Morgan fingerprint density at radius 2 is 1.67 bits per heavy atom. The molecule has 2 aromatic rings. The maximum absolute atomic E-state index is 13.2. The van der Waals surface area contributed by atoms with Crippen molar-refractivity contribution in [2.45, 2.75) is 12.3 Å². The van der Waals surface area contributed by atoms with Crippen LogP contribution in [0.5, 0.6) is 0 Å². The molecule has 21 heavy (non-hydrogen) atoms. The van der Waals surface area contributed by atoms with Gasteiger partial charge < -0.3 is 5.11 Å². The van der Waals surface area contributed by atoms with E-state index >= 15 is 0 Å². The molecule has 0 aliphatic carbocycles. The van der Waals surface area contributed by atoms with Gasteiger partial charge in [0.05, 0.1) is 5.56 Å². The topological polar surface area (TPSA) is 20.2 Å². The molecule has 0 saturated heterocycles. The van der Waals surface area contributed by atoms with E-state index in [1.165, 1.54) is 6.07 Å². The minimum Gasteiger partial charge on any atom is -0.384 e. The highest BCUT2D eigenvalue weighted by Crippen LogP contribution is 2.34. The van der Waals surface area contributed by atoms with Crippen molar-refractivity contribution in [1.82, 2.24) is 0 Å². The van der Waals surface area contributed by atoms with Crippen LogP contribution in [0.25, 0.3) is 0 Å². The minimum absolute atomic E-state index is 0.117. The molecule has 0 amide bonds. The first-order chi connectivity index (χ1) is 9.70. The van der Waals surface area contributed by atoms with Gasteiger partial charge in [0, 0.05) is 3.57 Å². The largest absolute Gasteiger partial charge is 0.419 e. The molecule has 7 heteroatoms. The van der Waals surface area contributed by atoms with Crippen LogP contribution in [0.1, 0.15) is 22.8 Å². The summed E-state index contributed by atoms with van der Waals surface area (Å²) in [6, 6.07) is 5.78. The normalized spacial score (nSPS) is 13.3. The molecule has 1 unspecified atom stereocenters. The maximum Gasteiger partial charge on any atom is 0.419 e. The number of hydrogen-bond donors (Lipinski definition) is 1. The SMILES string of the molecule is OC(c1ccc(F)c(C(F)(F)F)c1)c1ccc(F)cc1I. The summed E-state index contributed by atoms with van der Waals surface area (Å²) < 4.78 is 64.5. The van der Waals surface area contributed by atoms with Crippen molar-refractivity contribution < 1.29 is 27.1 Å². The van der Waals surface area contributed by atoms with E-state index in [2.05, 4.69) is 0 Å². The molecule has 112 valence electrons. The zero-order chi connectivity index (χ0) is 15.8. The fraction of sp³-hybridized carbons (Fsp3) is 0.143. The lowest BCUT2D eigenvalue weighted by Gasteiger charge is -2.16. The zero-order valence-corrected chi connectivity index (χ0v) is 12.4. The third-order valence-corrected chi connectivity index (χ3v) is 3.80. The summed E-state index contributed by atoms with van der Waals surface area (Å²) in [7, 11) is 0. The molecule has 0 bridgehead atoms. The van der Waals surface area contributed by atoms with Crippen LogP contribution < -0.4 is 0 Å². The Bertz CT molecular complexity index is 669. The van der Waals surface area contributed by atoms with Crippen molar-refractivity contribution in [3.8, 4) is 0 Å². The van der Waals surface area contributed by atoms with Crippen molar-refractivity contribution >= 4 is 22.6 Å². The smallest absolute Gasteiger partial charge is 0.384 e. The second kappa shape index (κ2) is 5.88. The van der Waals surface area contributed by atoms with Gasteiger partial charge in [0.2, 0.25) is 0 Å². The molecule has 0 fully saturated rings. The van der Waals surface area contributed by atoms with E-state index in [-0.39, 0.29) is 11.1 Å². The van der Waals surface area contributed by atoms with Crippen LogP contribution in [0, 0.1) is 15.2 Å². The third-order valence-electron chi connectivity index (χ3n) is 2.87. The lowest BCUT2D eigenvalue weighted by atomic mass is 9.99. The number of halogens is 6. The first-order valence-electron chi connectivity index (χ1n) is 5.70. The molecule has 0 radical (unpaired) electrons. The Balaban J connectivity index is 2.46. The highest BCUT2D eigenvalue weighted by Gasteiger charge is 2.34. The molecule has 0 aliphatic heterocycles. The molecule has 2 aromatic carbocycles. The molecule has 1 atom stereocenters. The summed E-state index contributed by atoms with van der Waals surface area (Å²) in [5.41, 5.74) is -1.32. The highest BCUT2D eigenvalue weighted by molar-refractivity contribution is 14.1. The standard InChI is InChI=1S/C14H8F5IO/c15-8-2-3-9(12(20)6-8)13(21)7-1-4-11(16)10(5-7)14(17,18)19/h1-6,13,21H. The summed E-state index contributed by atoms with van der Waals surface area (Å²) in [6.07, 6.45) is -6.25. The van der Waals surface area contributed by atoms with Crippen LogP contribution in [-0.4, -0.2) is 5.11 Å². The molecular weight excluding hydrogens is 406 g/mol. The highest BCUT2D eigenvalue weighted by atomic mass is 127. The lowest BCUT2D eigenvalue weighted by Crippen LogP contribution is -2.11. The number of aliphatic hydroxyl groups excluding tert-OH is 1. The predicted molar refractivity (Wildman–Crippen MR) is 74.6 cm³/mol. The van der Waals surface area contributed by atoms with Crippen LogP contribution in [0.2, 0.25) is 0 Å². The molecule has 1 nitrogen and oxygen atoms in total. The summed E-state index contributed by atoms with van der Waals surface area (Å²) in [5.74, 6) is -1.93. The van der Waals surface area contributed by atoms with Crippen LogP contribution in [0.15, 0.2) is 36.4 Å². The molecular formula is C14H8F5IO. The Morgan fingerprint density at radius 3 is 2.24 bits per heavy atom. The van der Waals surface area contributed by atoms with E-state index in [0.29, 0.717) is 15.7 Å². The minimum atomic E-state index is -4.85. The number of aliphatic hydroxyl groups is 1. The van der Waals surface area contributed by atoms with Gasteiger partial charge in [-0.15, -0.1) is 0 Å².